The smallest absolute Gasteiger partial charge is 0.321 e. The van der Waals surface area contributed by atoms with Crippen LogP contribution in [-0.4, -0.2) is 48.1 Å². The summed E-state index contributed by atoms with van der Waals surface area (Å²) in [6, 6.07) is 13.2. The number of hydrogen-bond donors (Lipinski definition) is 3. The number of anilines is 2. The van der Waals surface area contributed by atoms with Crippen molar-refractivity contribution in [1.29, 1.82) is 0 Å². The second kappa shape index (κ2) is 8.43. The summed E-state index contributed by atoms with van der Waals surface area (Å²) >= 11 is 0. The number of benzene rings is 2. The number of para-hydroxylation sites is 2. The zero-order valence-corrected chi connectivity index (χ0v) is 15.3. The van der Waals surface area contributed by atoms with Crippen molar-refractivity contribution in [2.24, 2.45) is 5.92 Å². The van der Waals surface area contributed by atoms with Crippen LogP contribution in [-0.2, 0) is 4.79 Å². The molecule has 28 heavy (non-hydrogen) atoms. The Morgan fingerprint density at radius 3 is 2.43 bits per heavy atom. The summed E-state index contributed by atoms with van der Waals surface area (Å²) in [6.45, 7) is 0.600. The van der Waals surface area contributed by atoms with Gasteiger partial charge in [0.05, 0.1) is 18.7 Å². The number of ether oxygens (including phenoxy) is 1. The fourth-order valence-corrected chi connectivity index (χ4v) is 3.00. The van der Waals surface area contributed by atoms with E-state index >= 15 is 0 Å². The van der Waals surface area contributed by atoms with Crippen molar-refractivity contribution in [3.63, 3.8) is 0 Å². The first kappa shape index (κ1) is 19.2. The fourth-order valence-electron chi connectivity index (χ4n) is 3.00. The molecule has 3 amide bonds. The molecule has 0 spiro atoms. The van der Waals surface area contributed by atoms with E-state index in [0.29, 0.717) is 35.7 Å². The Morgan fingerprint density at radius 1 is 1.07 bits per heavy atom. The highest BCUT2D eigenvalue weighted by Crippen LogP contribution is 2.24. The number of urea groups is 1. The van der Waals surface area contributed by atoms with Crippen molar-refractivity contribution in [1.82, 2.24) is 4.90 Å². The van der Waals surface area contributed by atoms with E-state index in [9.17, 15) is 14.4 Å². The van der Waals surface area contributed by atoms with Gasteiger partial charge in [0, 0.05) is 24.3 Å². The number of hydrogen-bond acceptors (Lipinski definition) is 4. The number of carbonyl (C=O) groups excluding carboxylic acids is 2. The second-order valence-electron chi connectivity index (χ2n) is 6.43. The third-order valence-corrected chi connectivity index (χ3v) is 4.58. The van der Waals surface area contributed by atoms with Crippen molar-refractivity contribution in [2.75, 3.05) is 30.8 Å². The van der Waals surface area contributed by atoms with Crippen LogP contribution in [0.2, 0.25) is 0 Å². The van der Waals surface area contributed by atoms with E-state index in [-0.39, 0.29) is 18.5 Å². The number of rotatable bonds is 5. The summed E-state index contributed by atoms with van der Waals surface area (Å²) in [6.07, 6.45) is 0.449. The van der Waals surface area contributed by atoms with Gasteiger partial charge < -0.3 is 25.4 Å². The lowest BCUT2D eigenvalue weighted by atomic mass is 10.1. The quantitative estimate of drug-likeness (QED) is 0.736. The van der Waals surface area contributed by atoms with Crippen LogP contribution in [0.4, 0.5) is 16.2 Å². The SMILES string of the molecule is COc1ccccc1NC(=O)c1ccc(NC(=O)N2CCC(C(=O)O)C2)cc1. The summed E-state index contributed by atoms with van der Waals surface area (Å²) in [7, 11) is 1.53. The molecule has 1 saturated heterocycles. The van der Waals surface area contributed by atoms with Crippen molar-refractivity contribution in [2.45, 2.75) is 6.42 Å². The molecular weight excluding hydrogens is 362 g/mol. The molecule has 0 saturated carbocycles. The molecule has 1 aliphatic rings. The molecule has 0 bridgehead atoms. The molecule has 1 aliphatic heterocycles. The average Bonchev–Trinajstić information content (AvgIpc) is 3.20. The highest BCUT2D eigenvalue weighted by atomic mass is 16.5. The van der Waals surface area contributed by atoms with E-state index in [1.54, 1.807) is 42.5 Å². The molecule has 3 N–H and O–H groups in total. The number of aliphatic carboxylic acids is 1. The minimum atomic E-state index is -0.888. The summed E-state index contributed by atoms with van der Waals surface area (Å²) in [5, 5.41) is 14.5. The summed E-state index contributed by atoms with van der Waals surface area (Å²) in [5.74, 6) is -1.15. The topological polar surface area (TPSA) is 108 Å². The molecule has 8 heteroatoms. The Morgan fingerprint density at radius 2 is 1.79 bits per heavy atom. The van der Waals surface area contributed by atoms with E-state index in [0.717, 1.165) is 0 Å². The van der Waals surface area contributed by atoms with Gasteiger partial charge in [0.2, 0.25) is 0 Å². The molecule has 1 unspecified atom stereocenters. The van der Waals surface area contributed by atoms with E-state index in [2.05, 4.69) is 10.6 Å². The zero-order chi connectivity index (χ0) is 20.1. The number of likely N-dealkylation sites (tertiary alicyclic amines) is 1. The first-order chi connectivity index (χ1) is 13.5. The zero-order valence-electron chi connectivity index (χ0n) is 15.3. The van der Waals surface area contributed by atoms with Gasteiger partial charge in [-0.15, -0.1) is 0 Å². The normalized spacial score (nSPS) is 15.8. The number of methoxy groups -OCH3 is 1. The molecule has 1 fully saturated rings. The standard InChI is InChI=1S/C20H21N3O5/c1-28-17-5-3-2-4-16(17)22-18(24)13-6-8-15(9-7-13)21-20(27)23-11-10-14(12-23)19(25)26/h2-9,14H,10-12H2,1H3,(H,21,27)(H,22,24)(H,25,26). The van der Waals surface area contributed by atoms with E-state index < -0.39 is 11.9 Å². The third-order valence-electron chi connectivity index (χ3n) is 4.58. The van der Waals surface area contributed by atoms with Crippen LogP contribution >= 0.6 is 0 Å². The van der Waals surface area contributed by atoms with Gasteiger partial charge in [-0.25, -0.2) is 4.79 Å². The highest BCUT2D eigenvalue weighted by Gasteiger charge is 2.30. The number of nitrogens with zero attached hydrogens (tertiary/aromatic N) is 1. The Kier molecular flexibility index (Phi) is 5.78. The number of amides is 3. The molecule has 8 nitrogen and oxygen atoms in total. The summed E-state index contributed by atoms with van der Waals surface area (Å²) in [4.78, 5) is 37.1. The van der Waals surface area contributed by atoms with Gasteiger partial charge in [-0.3, -0.25) is 9.59 Å². The molecule has 0 aromatic heterocycles. The van der Waals surface area contributed by atoms with E-state index in [1.807, 2.05) is 6.07 Å². The molecule has 3 rings (SSSR count). The van der Waals surface area contributed by atoms with Crippen LogP contribution in [0.1, 0.15) is 16.8 Å². The lowest BCUT2D eigenvalue weighted by Gasteiger charge is -2.17. The minimum Gasteiger partial charge on any atom is -0.495 e. The van der Waals surface area contributed by atoms with Gasteiger partial charge >= 0.3 is 12.0 Å². The van der Waals surface area contributed by atoms with Crippen molar-refractivity contribution in [3.05, 3.63) is 54.1 Å². The van der Waals surface area contributed by atoms with Crippen LogP contribution in [0.25, 0.3) is 0 Å². The van der Waals surface area contributed by atoms with Crippen LogP contribution < -0.4 is 15.4 Å². The van der Waals surface area contributed by atoms with Gasteiger partial charge in [0.1, 0.15) is 5.75 Å². The maximum Gasteiger partial charge on any atom is 0.321 e. The summed E-state index contributed by atoms with van der Waals surface area (Å²) in [5.41, 5.74) is 1.52. The first-order valence-corrected chi connectivity index (χ1v) is 8.81. The predicted molar refractivity (Wildman–Crippen MR) is 104 cm³/mol. The Hall–Kier alpha value is -3.55. The largest absolute Gasteiger partial charge is 0.495 e. The maximum absolute atomic E-state index is 12.4. The van der Waals surface area contributed by atoms with Gasteiger partial charge in [-0.2, -0.15) is 0 Å². The van der Waals surface area contributed by atoms with Crippen LogP contribution in [0.3, 0.4) is 0 Å². The van der Waals surface area contributed by atoms with Gasteiger partial charge in [-0.1, -0.05) is 12.1 Å². The van der Waals surface area contributed by atoms with Crippen LogP contribution in [0, 0.1) is 5.92 Å². The van der Waals surface area contributed by atoms with E-state index in [1.165, 1.54) is 12.0 Å². The van der Waals surface area contributed by atoms with Crippen molar-refractivity contribution >= 4 is 29.3 Å². The molecule has 1 atom stereocenters. The number of nitrogens with one attached hydrogen (secondary N) is 2. The lowest BCUT2D eigenvalue weighted by Crippen LogP contribution is -2.33. The molecule has 0 aliphatic carbocycles. The molecule has 0 radical (unpaired) electrons. The van der Waals surface area contributed by atoms with Gasteiger partial charge in [0.25, 0.3) is 5.91 Å². The highest BCUT2D eigenvalue weighted by molar-refractivity contribution is 6.05. The Bertz CT molecular complexity index is 882. The molecular formula is C20H21N3O5. The number of carboxylic acids is 1. The van der Waals surface area contributed by atoms with Crippen LogP contribution in [0.15, 0.2) is 48.5 Å². The van der Waals surface area contributed by atoms with Crippen molar-refractivity contribution in [3.8, 4) is 5.75 Å². The maximum atomic E-state index is 12.4. The number of carbonyl (C=O) groups is 3. The summed E-state index contributed by atoms with van der Waals surface area (Å²) < 4.78 is 5.21. The molecule has 1 heterocycles. The van der Waals surface area contributed by atoms with E-state index in [4.69, 9.17) is 9.84 Å². The average molecular weight is 383 g/mol. The Balaban J connectivity index is 1.59. The lowest BCUT2D eigenvalue weighted by molar-refractivity contribution is -0.141. The minimum absolute atomic E-state index is 0.195. The second-order valence-corrected chi connectivity index (χ2v) is 6.43. The fraction of sp³-hybridized carbons (Fsp3) is 0.250. The van der Waals surface area contributed by atoms with Crippen LogP contribution in [0.5, 0.6) is 5.75 Å². The predicted octanol–water partition coefficient (Wildman–Crippen LogP) is 2.89. The molecule has 2 aromatic rings. The van der Waals surface area contributed by atoms with Gasteiger partial charge in [-0.05, 0) is 42.8 Å². The van der Waals surface area contributed by atoms with Gasteiger partial charge in [0.15, 0.2) is 0 Å². The third kappa shape index (κ3) is 4.40. The monoisotopic (exact) mass is 383 g/mol. The molecule has 2 aromatic carbocycles. The van der Waals surface area contributed by atoms with Crippen molar-refractivity contribution < 1.29 is 24.2 Å². The first-order valence-electron chi connectivity index (χ1n) is 8.81. The number of carboxylic acid groups (broad SMARTS) is 1. The molecule has 146 valence electrons. The Labute approximate surface area is 162 Å².